The maximum Gasteiger partial charge on any atom is 0.396 e. The number of benzene rings is 3. The van der Waals surface area contributed by atoms with E-state index in [0.717, 1.165) is 11.3 Å². The Morgan fingerprint density at radius 1 is 0.933 bits per heavy atom. The van der Waals surface area contributed by atoms with E-state index in [9.17, 15) is 9.59 Å². The first-order chi connectivity index (χ1) is 14.4. The standard InChI is InChI=1S/C21H11Cl3O5S/c22-12-2-4-13(5-3-12)27-10-19(25)28-14-8-15(11-1-6-16(23)17(24)7-11)20-18(9-14)30-21(26)29-20/h1-9H,10H2. The lowest BCUT2D eigenvalue weighted by atomic mass is 10.0. The topological polar surface area (TPSA) is 65.7 Å². The fourth-order valence-corrected chi connectivity index (χ4v) is 3.87. The molecule has 9 heteroatoms. The maximum atomic E-state index is 12.2. The molecule has 0 atom stereocenters. The normalized spacial score (nSPS) is 10.9. The monoisotopic (exact) mass is 480 g/mol. The molecule has 0 aliphatic heterocycles. The van der Waals surface area contributed by atoms with Crippen LogP contribution in [-0.2, 0) is 4.79 Å². The van der Waals surface area contributed by atoms with Crippen molar-refractivity contribution < 1.29 is 18.7 Å². The van der Waals surface area contributed by atoms with Gasteiger partial charge in [0.25, 0.3) is 0 Å². The molecule has 0 spiro atoms. The predicted octanol–water partition coefficient (Wildman–Crippen LogP) is 6.47. The lowest BCUT2D eigenvalue weighted by Crippen LogP contribution is -2.17. The maximum absolute atomic E-state index is 12.2. The van der Waals surface area contributed by atoms with E-state index in [2.05, 4.69) is 0 Å². The SMILES string of the molecule is O=C(COc1ccc(Cl)cc1)Oc1cc(-c2ccc(Cl)c(Cl)c2)c2oc(=O)sc2c1. The van der Waals surface area contributed by atoms with Crippen molar-refractivity contribution in [3.05, 3.63) is 79.4 Å². The summed E-state index contributed by atoms with van der Waals surface area (Å²) in [6.45, 7) is -0.302. The molecule has 30 heavy (non-hydrogen) atoms. The van der Waals surface area contributed by atoms with Gasteiger partial charge in [-0.25, -0.2) is 9.59 Å². The van der Waals surface area contributed by atoms with Crippen LogP contribution < -0.4 is 14.4 Å². The van der Waals surface area contributed by atoms with Crippen LogP contribution in [-0.4, -0.2) is 12.6 Å². The largest absolute Gasteiger partial charge is 0.482 e. The summed E-state index contributed by atoms with van der Waals surface area (Å²) in [6, 6.07) is 14.8. The Bertz CT molecular complexity index is 1290. The van der Waals surface area contributed by atoms with Gasteiger partial charge in [-0.2, -0.15) is 0 Å². The van der Waals surface area contributed by atoms with E-state index in [1.54, 1.807) is 54.6 Å². The van der Waals surface area contributed by atoms with E-state index in [0.29, 0.717) is 42.2 Å². The molecule has 5 nitrogen and oxygen atoms in total. The molecule has 0 bridgehead atoms. The molecule has 0 aliphatic rings. The molecular weight excluding hydrogens is 471 g/mol. The highest BCUT2D eigenvalue weighted by atomic mass is 35.5. The molecule has 0 fully saturated rings. The Balaban J connectivity index is 1.61. The number of ether oxygens (including phenoxy) is 2. The molecule has 0 N–H and O–H groups in total. The molecule has 3 aromatic carbocycles. The number of carbonyl (C=O) groups excluding carboxylic acids is 1. The second-order valence-electron chi connectivity index (χ2n) is 6.10. The number of hydrogen-bond donors (Lipinski definition) is 0. The van der Waals surface area contributed by atoms with Crippen LogP contribution >= 0.6 is 46.1 Å². The van der Waals surface area contributed by atoms with Crippen molar-refractivity contribution in [2.75, 3.05) is 6.61 Å². The van der Waals surface area contributed by atoms with E-state index >= 15 is 0 Å². The summed E-state index contributed by atoms with van der Waals surface area (Å²) < 4.78 is 16.6. The fourth-order valence-electron chi connectivity index (χ4n) is 2.72. The number of carbonyl (C=O) groups is 1. The average molecular weight is 482 g/mol. The van der Waals surface area contributed by atoms with Crippen molar-refractivity contribution >= 4 is 62.4 Å². The third kappa shape index (κ3) is 4.63. The van der Waals surface area contributed by atoms with Gasteiger partial charge < -0.3 is 13.9 Å². The number of fused-ring (bicyclic) bond motifs is 1. The average Bonchev–Trinajstić information content (AvgIpc) is 3.09. The van der Waals surface area contributed by atoms with Gasteiger partial charge in [0, 0.05) is 16.7 Å². The molecule has 4 rings (SSSR count). The number of hydrogen-bond acceptors (Lipinski definition) is 6. The van der Waals surface area contributed by atoms with Crippen LogP contribution in [0.25, 0.3) is 21.4 Å². The van der Waals surface area contributed by atoms with E-state index < -0.39 is 10.9 Å². The molecule has 1 heterocycles. The molecule has 1 aromatic heterocycles. The number of halogens is 3. The van der Waals surface area contributed by atoms with Crippen molar-refractivity contribution in [2.45, 2.75) is 0 Å². The zero-order valence-corrected chi connectivity index (χ0v) is 18.1. The van der Waals surface area contributed by atoms with Crippen LogP contribution in [0.1, 0.15) is 0 Å². The summed E-state index contributed by atoms with van der Waals surface area (Å²) in [5.74, 6) is 0.113. The third-order valence-electron chi connectivity index (χ3n) is 4.04. The third-order valence-corrected chi connectivity index (χ3v) is 5.80. The van der Waals surface area contributed by atoms with Gasteiger partial charge in [0.2, 0.25) is 0 Å². The van der Waals surface area contributed by atoms with Crippen molar-refractivity contribution in [1.82, 2.24) is 0 Å². The van der Waals surface area contributed by atoms with Gasteiger partial charge in [-0.05, 0) is 48.0 Å². The quantitative estimate of drug-likeness (QED) is 0.241. The van der Waals surface area contributed by atoms with Crippen LogP contribution in [0.2, 0.25) is 15.1 Å². The van der Waals surface area contributed by atoms with E-state index in [1.807, 2.05) is 0 Å². The summed E-state index contributed by atoms with van der Waals surface area (Å²) in [5.41, 5.74) is 1.58. The minimum Gasteiger partial charge on any atom is -0.482 e. The Morgan fingerprint density at radius 2 is 1.70 bits per heavy atom. The second kappa shape index (κ2) is 8.70. The zero-order chi connectivity index (χ0) is 21.3. The van der Waals surface area contributed by atoms with Crippen molar-refractivity contribution in [3.8, 4) is 22.6 Å². The van der Waals surface area contributed by atoms with E-state index in [4.69, 9.17) is 48.7 Å². The highest BCUT2D eigenvalue weighted by molar-refractivity contribution is 7.16. The molecule has 0 saturated heterocycles. The predicted molar refractivity (Wildman–Crippen MR) is 118 cm³/mol. The lowest BCUT2D eigenvalue weighted by molar-refractivity contribution is -0.136. The van der Waals surface area contributed by atoms with Crippen LogP contribution in [0, 0.1) is 0 Å². The van der Waals surface area contributed by atoms with Crippen LogP contribution in [0.4, 0.5) is 0 Å². The number of rotatable bonds is 5. The van der Waals surface area contributed by atoms with E-state index in [-0.39, 0.29) is 12.4 Å². The smallest absolute Gasteiger partial charge is 0.396 e. The van der Waals surface area contributed by atoms with Crippen LogP contribution in [0.5, 0.6) is 11.5 Å². The van der Waals surface area contributed by atoms with Gasteiger partial charge in [-0.3, -0.25) is 0 Å². The van der Waals surface area contributed by atoms with Crippen molar-refractivity contribution in [1.29, 1.82) is 0 Å². The van der Waals surface area contributed by atoms with Gasteiger partial charge in [0.05, 0.1) is 14.7 Å². The minimum absolute atomic E-state index is 0.241. The number of esters is 1. The zero-order valence-electron chi connectivity index (χ0n) is 15.0. The fraction of sp³-hybridized carbons (Fsp3) is 0.0476. The summed E-state index contributed by atoms with van der Waals surface area (Å²) in [7, 11) is 0. The molecule has 0 unspecified atom stereocenters. The van der Waals surface area contributed by atoms with Crippen molar-refractivity contribution in [2.24, 2.45) is 0 Å². The highest BCUT2D eigenvalue weighted by Gasteiger charge is 2.16. The Kier molecular flexibility index (Phi) is 6.01. The van der Waals surface area contributed by atoms with Gasteiger partial charge in [0.1, 0.15) is 11.5 Å². The van der Waals surface area contributed by atoms with Gasteiger partial charge >= 0.3 is 10.9 Å². The Labute approximate surface area is 189 Å². The Hall–Kier alpha value is -2.51. The molecule has 0 saturated carbocycles. The molecular formula is C21H11Cl3O5S. The first-order valence-corrected chi connectivity index (χ1v) is 10.5. The van der Waals surface area contributed by atoms with Crippen LogP contribution in [0.3, 0.4) is 0 Å². The molecule has 0 amide bonds. The molecule has 0 aliphatic carbocycles. The summed E-state index contributed by atoms with van der Waals surface area (Å²) >= 11 is 18.8. The molecule has 0 radical (unpaired) electrons. The first-order valence-electron chi connectivity index (χ1n) is 8.51. The summed E-state index contributed by atoms with van der Waals surface area (Å²) in [5, 5.41) is 1.30. The lowest BCUT2D eigenvalue weighted by Gasteiger charge is -2.09. The summed E-state index contributed by atoms with van der Waals surface area (Å²) in [4.78, 5) is 23.6. The van der Waals surface area contributed by atoms with Gasteiger partial charge in [-0.15, -0.1) is 0 Å². The second-order valence-corrected chi connectivity index (χ2v) is 8.33. The van der Waals surface area contributed by atoms with Crippen molar-refractivity contribution in [3.63, 3.8) is 0 Å². The Morgan fingerprint density at radius 3 is 2.43 bits per heavy atom. The van der Waals surface area contributed by atoms with E-state index in [1.165, 1.54) is 0 Å². The summed E-state index contributed by atoms with van der Waals surface area (Å²) in [6.07, 6.45) is 0. The first kappa shape index (κ1) is 20.8. The molecule has 152 valence electrons. The minimum atomic E-state index is -0.611. The van der Waals surface area contributed by atoms with Crippen LogP contribution in [0.15, 0.2) is 63.8 Å². The highest BCUT2D eigenvalue weighted by Crippen LogP contribution is 2.36. The molecule has 4 aromatic rings. The van der Waals surface area contributed by atoms with Gasteiger partial charge in [-0.1, -0.05) is 52.2 Å². The van der Waals surface area contributed by atoms with Gasteiger partial charge in [0.15, 0.2) is 12.2 Å².